The molecule has 0 aliphatic heterocycles. The van der Waals surface area contributed by atoms with Crippen LogP contribution >= 0.6 is 11.3 Å². The van der Waals surface area contributed by atoms with Gasteiger partial charge in [-0.3, -0.25) is 0 Å². The van der Waals surface area contributed by atoms with Crippen LogP contribution in [0.3, 0.4) is 0 Å². The van der Waals surface area contributed by atoms with Gasteiger partial charge in [-0.25, -0.2) is 4.98 Å². The Morgan fingerprint density at radius 1 is 0.900 bits per heavy atom. The standard InChI is InChI=1S/C17H16N2S/c18-11-14-6-8-15(9-7-14)16-12-20-17(19-16)10-13-4-2-1-3-5-13/h1-9,12H,10-11,18H2. The molecule has 0 fully saturated rings. The number of rotatable bonds is 4. The molecule has 3 rings (SSSR count). The Hall–Kier alpha value is -1.97. The van der Waals surface area contributed by atoms with E-state index >= 15 is 0 Å². The molecule has 2 N–H and O–H groups in total. The molecule has 0 aliphatic rings. The van der Waals surface area contributed by atoms with Crippen LogP contribution in [0.4, 0.5) is 0 Å². The zero-order valence-corrected chi connectivity index (χ0v) is 11.9. The number of thiazole rings is 1. The molecular formula is C17H16N2S. The Morgan fingerprint density at radius 2 is 1.65 bits per heavy atom. The van der Waals surface area contributed by atoms with E-state index < -0.39 is 0 Å². The van der Waals surface area contributed by atoms with E-state index in [9.17, 15) is 0 Å². The summed E-state index contributed by atoms with van der Waals surface area (Å²) in [5, 5.41) is 3.27. The van der Waals surface area contributed by atoms with Crippen molar-refractivity contribution in [2.75, 3.05) is 0 Å². The predicted octanol–water partition coefficient (Wildman–Crippen LogP) is 3.86. The van der Waals surface area contributed by atoms with Gasteiger partial charge < -0.3 is 5.73 Å². The van der Waals surface area contributed by atoms with Crippen LogP contribution in [0, 0.1) is 0 Å². The first kappa shape index (κ1) is 13.0. The molecule has 0 spiro atoms. The maximum absolute atomic E-state index is 5.62. The Balaban J connectivity index is 1.79. The first-order valence-corrected chi connectivity index (χ1v) is 7.51. The van der Waals surface area contributed by atoms with Crippen LogP contribution in [0.5, 0.6) is 0 Å². The zero-order valence-electron chi connectivity index (χ0n) is 11.1. The fourth-order valence-electron chi connectivity index (χ4n) is 2.11. The SMILES string of the molecule is NCc1ccc(-c2csc(Cc3ccccc3)n2)cc1. The summed E-state index contributed by atoms with van der Waals surface area (Å²) in [7, 11) is 0. The largest absolute Gasteiger partial charge is 0.326 e. The van der Waals surface area contributed by atoms with Crippen molar-refractivity contribution < 1.29 is 0 Å². The van der Waals surface area contributed by atoms with Gasteiger partial charge in [-0.1, -0.05) is 54.6 Å². The van der Waals surface area contributed by atoms with Crippen LogP contribution in [0.25, 0.3) is 11.3 Å². The van der Waals surface area contributed by atoms with Crippen LogP contribution in [-0.4, -0.2) is 4.98 Å². The van der Waals surface area contributed by atoms with Crippen LogP contribution in [0.1, 0.15) is 16.1 Å². The summed E-state index contributed by atoms with van der Waals surface area (Å²) in [5.41, 5.74) is 10.3. The third-order valence-corrected chi connectivity index (χ3v) is 4.08. The number of hydrogen-bond acceptors (Lipinski definition) is 3. The van der Waals surface area contributed by atoms with Gasteiger partial charge in [0.25, 0.3) is 0 Å². The van der Waals surface area contributed by atoms with E-state index in [0.29, 0.717) is 6.54 Å². The first-order valence-electron chi connectivity index (χ1n) is 6.63. The van der Waals surface area contributed by atoms with Crippen molar-refractivity contribution >= 4 is 11.3 Å². The average Bonchev–Trinajstić information content (AvgIpc) is 2.97. The molecule has 20 heavy (non-hydrogen) atoms. The number of hydrogen-bond donors (Lipinski definition) is 1. The van der Waals surface area contributed by atoms with E-state index in [1.807, 2.05) is 6.07 Å². The highest BCUT2D eigenvalue weighted by Crippen LogP contribution is 2.23. The smallest absolute Gasteiger partial charge is 0.0976 e. The molecule has 0 aliphatic carbocycles. The van der Waals surface area contributed by atoms with Crippen molar-refractivity contribution in [2.45, 2.75) is 13.0 Å². The highest BCUT2D eigenvalue weighted by atomic mass is 32.1. The summed E-state index contributed by atoms with van der Waals surface area (Å²) >= 11 is 1.71. The lowest BCUT2D eigenvalue weighted by molar-refractivity contribution is 1.07. The maximum Gasteiger partial charge on any atom is 0.0976 e. The highest BCUT2D eigenvalue weighted by molar-refractivity contribution is 7.10. The fraction of sp³-hybridized carbons (Fsp3) is 0.118. The molecule has 3 heteroatoms. The lowest BCUT2D eigenvalue weighted by Gasteiger charge is -1.99. The summed E-state index contributed by atoms with van der Waals surface area (Å²) in [6, 6.07) is 18.7. The van der Waals surface area contributed by atoms with Crippen molar-refractivity contribution in [2.24, 2.45) is 5.73 Å². The van der Waals surface area contributed by atoms with E-state index in [1.165, 1.54) is 5.56 Å². The fourth-order valence-corrected chi connectivity index (χ4v) is 2.94. The second-order valence-corrected chi connectivity index (χ2v) is 5.63. The second-order valence-electron chi connectivity index (χ2n) is 4.69. The molecule has 0 unspecified atom stereocenters. The van der Waals surface area contributed by atoms with E-state index in [4.69, 9.17) is 10.7 Å². The predicted molar refractivity (Wildman–Crippen MR) is 84.7 cm³/mol. The quantitative estimate of drug-likeness (QED) is 0.788. The maximum atomic E-state index is 5.62. The molecule has 0 atom stereocenters. The van der Waals surface area contributed by atoms with Crippen LogP contribution in [0.15, 0.2) is 60.0 Å². The molecule has 2 nitrogen and oxygen atoms in total. The number of nitrogens with two attached hydrogens (primary N) is 1. The van der Waals surface area contributed by atoms with E-state index in [2.05, 4.69) is 53.9 Å². The van der Waals surface area contributed by atoms with Gasteiger partial charge in [0, 0.05) is 23.9 Å². The molecule has 0 saturated carbocycles. The minimum atomic E-state index is 0.580. The second kappa shape index (κ2) is 5.99. The Morgan fingerprint density at radius 3 is 2.35 bits per heavy atom. The highest BCUT2D eigenvalue weighted by Gasteiger charge is 2.05. The van der Waals surface area contributed by atoms with Gasteiger partial charge in [-0.15, -0.1) is 11.3 Å². The van der Waals surface area contributed by atoms with Crippen molar-refractivity contribution in [1.82, 2.24) is 4.98 Å². The molecule has 0 saturated heterocycles. The molecule has 0 amide bonds. The van der Waals surface area contributed by atoms with Gasteiger partial charge in [-0.05, 0) is 11.1 Å². The topological polar surface area (TPSA) is 38.9 Å². The Labute approximate surface area is 122 Å². The zero-order chi connectivity index (χ0) is 13.8. The van der Waals surface area contributed by atoms with Gasteiger partial charge >= 0.3 is 0 Å². The van der Waals surface area contributed by atoms with Crippen LogP contribution < -0.4 is 5.73 Å². The van der Waals surface area contributed by atoms with Gasteiger partial charge in [0.05, 0.1) is 10.7 Å². The monoisotopic (exact) mass is 280 g/mol. The lowest BCUT2D eigenvalue weighted by atomic mass is 10.1. The molecule has 100 valence electrons. The Bertz CT molecular complexity index is 672. The van der Waals surface area contributed by atoms with Crippen molar-refractivity contribution in [3.8, 4) is 11.3 Å². The van der Waals surface area contributed by atoms with Crippen molar-refractivity contribution in [3.05, 3.63) is 76.1 Å². The third kappa shape index (κ3) is 2.95. The van der Waals surface area contributed by atoms with E-state index in [0.717, 1.165) is 28.2 Å². The molecule has 3 aromatic rings. The molecule has 0 radical (unpaired) electrons. The van der Waals surface area contributed by atoms with Gasteiger partial charge in [-0.2, -0.15) is 0 Å². The molecule has 2 aromatic carbocycles. The average molecular weight is 280 g/mol. The third-order valence-electron chi connectivity index (χ3n) is 3.24. The lowest BCUT2D eigenvalue weighted by Crippen LogP contribution is -1.95. The molecular weight excluding hydrogens is 264 g/mol. The van der Waals surface area contributed by atoms with Gasteiger partial charge in [0.1, 0.15) is 0 Å². The normalized spacial score (nSPS) is 10.7. The minimum absolute atomic E-state index is 0.580. The molecule has 1 aromatic heterocycles. The molecule has 1 heterocycles. The van der Waals surface area contributed by atoms with Crippen LogP contribution in [-0.2, 0) is 13.0 Å². The minimum Gasteiger partial charge on any atom is -0.326 e. The number of nitrogens with zero attached hydrogens (tertiary/aromatic N) is 1. The van der Waals surface area contributed by atoms with Crippen molar-refractivity contribution in [3.63, 3.8) is 0 Å². The van der Waals surface area contributed by atoms with E-state index in [-0.39, 0.29) is 0 Å². The van der Waals surface area contributed by atoms with Crippen LogP contribution in [0.2, 0.25) is 0 Å². The summed E-state index contributed by atoms with van der Waals surface area (Å²) in [5.74, 6) is 0. The Kier molecular flexibility index (Phi) is 3.90. The van der Waals surface area contributed by atoms with Crippen molar-refractivity contribution in [1.29, 1.82) is 0 Å². The summed E-state index contributed by atoms with van der Waals surface area (Å²) < 4.78 is 0. The summed E-state index contributed by atoms with van der Waals surface area (Å²) in [6.07, 6.45) is 0.895. The van der Waals surface area contributed by atoms with Gasteiger partial charge in [0.2, 0.25) is 0 Å². The van der Waals surface area contributed by atoms with E-state index in [1.54, 1.807) is 11.3 Å². The number of aromatic nitrogens is 1. The summed E-state index contributed by atoms with van der Waals surface area (Å²) in [6.45, 7) is 0.580. The molecule has 0 bridgehead atoms. The van der Waals surface area contributed by atoms with Gasteiger partial charge in [0.15, 0.2) is 0 Å². The first-order chi connectivity index (χ1) is 9.85. The summed E-state index contributed by atoms with van der Waals surface area (Å²) in [4.78, 5) is 4.72. The number of benzene rings is 2.